The van der Waals surface area contributed by atoms with Crippen LogP contribution in [0.15, 0.2) is 42.6 Å². The van der Waals surface area contributed by atoms with Gasteiger partial charge in [-0.05, 0) is 38.8 Å². The summed E-state index contributed by atoms with van der Waals surface area (Å²) in [5.74, 6) is -2.64. The Balaban J connectivity index is 2.30. The Morgan fingerprint density at radius 2 is 1.28 bits per heavy atom. The molecule has 0 saturated heterocycles. The van der Waals surface area contributed by atoms with Gasteiger partial charge < -0.3 is 31.6 Å². The van der Waals surface area contributed by atoms with Crippen LogP contribution in [-0.2, 0) is 28.7 Å². The number of pyridine rings is 1. The predicted molar refractivity (Wildman–Crippen MR) is 190 cm³/mol. The molecule has 0 spiro atoms. The molecule has 0 saturated carbocycles. The maximum absolute atomic E-state index is 13.5. The van der Waals surface area contributed by atoms with E-state index in [4.69, 9.17) is 20.9 Å². The van der Waals surface area contributed by atoms with Crippen LogP contribution < -0.4 is 22.1 Å². The van der Waals surface area contributed by atoms with E-state index in [-0.39, 0.29) is 44.5 Å². The van der Waals surface area contributed by atoms with E-state index >= 15 is 0 Å². The number of hydrogen-bond donors (Lipinski definition) is 6. The van der Waals surface area contributed by atoms with Crippen molar-refractivity contribution in [2.24, 2.45) is 11.5 Å². The molecule has 0 fully saturated rings. The Bertz CT molecular complexity index is 1390. The lowest BCUT2D eigenvalue weighted by molar-refractivity contribution is -0.143. The maximum Gasteiger partial charge on any atom is 0.329 e. The van der Waals surface area contributed by atoms with Crippen LogP contribution in [0.2, 0.25) is 0 Å². The number of ether oxygens (including phenoxy) is 2. The maximum atomic E-state index is 13.5. The normalized spacial score (nSPS) is 13.4. The fraction of sp³-hybridized carbons (Fsp3) is 0.370. The molecule has 2 unspecified atom stereocenters. The summed E-state index contributed by atoms with van der Waals surface area (Å²) in [5, 5.41) is 4.48. The molecule has 13 nitrogen and oxygen atoms in total. The second-order valence-electron chi connectivity index (χ2n) is 9.03. The molecule has 0 aliphatic carbocycles. The zero-order valence-electron chi connectivity index (χ0n) is 24.6. The molecule has 1 heterocycles. The SMILES string of the molecule is COC(=O)C(CSSC(=O)[C@@H](N)CS)NC(=O)c1cc(-c2ccccc2)c(C(=O)NC(CSSC(=O)[C@@H](N)CS)C(=O)OC)cn1. The zero-order valence-corrected chi connectivity index (χ0v) is 29.6. The summed E-state index contributed by atoms with van der Waals surface area (Å²) in [6.45, 7) is 0. The van der Waals surface area contributed by atoms with Crippen molar-refractivity contribution < 1.29 is 38.2 Å². The Hall–Kier alpha value is -2.39. The highest BCUT2D eigenvalue weighted by Crippen LogP contribution is 2.27. The van der Waals surface area contributed by atoms with Crippen LogP contribution in [0.1, 0.15) is 20.8 Å². The lowest BCUT2D eigenvalue weighted by atomic mass is 9.99. The number of rotatable bonds is 17. The van der Waals surface area contributed by atoms with E-state index in [0.717, 1.165) is 50.3 Å². The minimum atomic E-state index is -1.13. The van der Waals surface area contributed by atoms with Crippen LogP contribution >= 0.6 is 68.4 Å². The van der Waals surface area contributed by atoms with E-state index in [2.05, 4.69) is 40.9 Å². The van der Waals surface area contributed by atoms with Crippen LogP contribution in [0.3, 0.4) is 0 Å². The fourth-order valence-corrected chi connectivity index (χ4v) is 8.04. The molecule has 250 valence electrons. The van der Waals surface area contributed by atoms with Gasteiger partial charge in [0.15, 0.2) is 0 Å². The minimum absolute atomic E-state index is 0.0138. The first-order valence-corrected chi connectivity index (χ1v) is 19.1. The molecule has 4 atom stereocenters. The number of carbonyl (C=O) groups is 6. The topological polar surface area (TPSA) is 210 Å². The summed E-state index contributed by atoms with van der Waals surface area (Å²) in [5.41, 5.74) is 12.1. The highest BCUT2D eigenvalue weighted by atomic mass is 33.1. The Labute approximate surface area is 292 Å². The van der Waals surface area contributed by atoms with Crippen LogP contribution in [0.5, 0.6) is 0 Å². The average Bonchev–Trinajstić information content (AvgIpc) is 3.08. The fourth-order valence-electron chi connectivity index (χ4n) is 3.30. The van der Waals surface area contributed by atoms with E-state index < -0.39 is 47.9 Å². The average molecular weight is 748 g/mol. The van der Waals surface area contributed by atoms with Crippen molar-refractivity contribution in [2.45, 2.75) is 24.2 Å². The quantitative estimate of drug-likeness (QED) is 0.0772. The summed E-state index contributed by atoms with van der Waals surface area (Å²) in [6.07, 6.45) is 1.17. The van der Waals surface area contributed by atoms with E-state index in [9.17, 15) is 28.8 Å². The van der Waals surface area contributed by atoms with Gasteiger partial charge in [0.2, 0.25) is 10.2 Å². The van der Waals surface area contributed by atoms with Crippen molar-refractivity contribution >= 4 is 102 Å². The number of esters is 2. The standard InChI is InChI=1S/C27H33N5O8S6/c1-39-24(35)20(12-43-45-26(37)17(28)10-41)31-22(33)16-9-30-19(8-15(16)14-6-4-3-5-7-14)23(34)32-21(25(36)40-2)13-44-46-27(38)18(29)11-42/h3-9,17-18,20-21,41-42H,10-13,28-29H2,1-2H3,(H,31,33)(H,32,34)/t17-,18-,20?,21?/m0/s1. The largest absolute Gasteiger partial charge is 0.467 e. The number of amides is 2. The van der Waals surface area contributed by atoms with E-state index in [1.165, 1.54) is 19.4 Å². The smallest absolute Gasteiger partial charge is 0.329 e. The lowest BCUT2D eigenvalue weighted by Gasteiger charge is -2.18. The van der Waals surface area contributed by atoms with Crippen LogP contribution in [0, 0.1) is 0 Å². The number of carbonyl (C=O) groups excluding carboxylic acids is 6. The highest BCUT2D eigenvalue weighted by molar-refractivity contribution is 8.82. The molecule has 46 heavy (non-hydrogen) atoms. The van der Waals surface area contributed by atoms with Crippen molar-refractivity contribution in [3.8, 4) is 11.1 Å². The Morgan fingerprint density at radius 1 is 0.804 bits per heavy atom. The zero-order chi connectivity index (χ0) is 34.2. The first-order valence-electron chi connectivity index (χ1n) is 13.2. The first-order chi connectivity index (χ1) is 22.0. The molecule has 1 aromatic carbocycles. The van der Waals surface area contributed by atoms with Gasteiger partial charge in [0.25, 0.3) is 11.8 Å². The van der Waals surface area contributed by atoms with Crippen molar-refractivity contribution in [3.05, 3.63) is 53.9 Å². The van der Waals surface area contributed by atoms with Crippen LogP contribution in [0.4, 0.5) is 0 Å². The third-order valence-corrected chi connectivity index (χ3v) is 11.2. The van der Waals surface area contributed by atoms with Crippen LogP contribution in [0.25, 0.3) is 11.1 Å². The van der Waals surface area contributed by atoms with E-state index in [1.54, 1.807) is 30.3 Å². The lowest BCUT2D eigenvalue weighted by Crippen LogP contribution is -2.44. The minimum Gasteiger partial charge on any atom is -0.467 e. The number of nitrogens with two attached hydrogens (primary N) is 2. The molecule has 2 aromatic rings. The second-order valence-corrected chi connectivity index (χ2v) is 14.5. The molecular weight excluding hydrogens is 715 g/mol. The molecule has 6 N–H and O–H groups in total. The highest BCUT2D eigenvalue weighted by Gasteiger charge is 2.28. The van der Waals surface area contributed by atoms with E-state index in [1.807, 2.05) is 0 Å². The van der Waals surface area contributed by atoms with Gasteiger partial charge in [-0.2, -0.15) is 25.3 Å². The van der Waals surface area contributed by atoms with Gasteiger partial charge in [0.05, 0.1) is 31.9 Å². The Morgan fingerprint density at radius 3 is 1.74 bits per heavy atom. The predicted octanol–water partition coefficient (Wildman–Crippen LogP) is 1.62. The molecule has 2 amide bonds. The van der Waals surface area contributed by atoms with Gasteiger partial charge in [0, 0.05) is 29.2 Å². The summed E-state index contributed by atoms with van der Waals surface area (Å²) >= 11 is 7.99. The molecule has 0 radical (unpaired) electrons. The van der Waals surface area contributed by atoms with Gasteiger partial charge in [0.1, 0.15) is 17.8 Å². The summed E-state index contributed by atoms with van der Waals surface area (Å²) in [6, 6.07) is 6.21. The summed E-state index contributed by atoms with van der Waals surface area (Å²) in [7, 11) is 6.03. The van der Waals surface area contributed by atoms with Gasteiger partial charge >= 0.3 is 11.9 Å². The third kappa shape index (κ3) is 12.3. The molecule has 0 aliphatic heterocycles. The molecular formula is C27H33N5O8S6. The number of aromatic nitrogens is 1. The number of methoxy groups -OCH3 is 2. The van der Waals surface area contributed by atoms with Crippen LogP contribution in [-0.4, -0.2) is 100 Å². The molecule has 0 aliphatic rings. The number of benzene rings is 1. The van der Waals surface area contributed by atoms with Crippen molar-refractivity contribution in [3.63, 3.8) is 0 Å². The number of nitrogens with one attached hydrogen (secondary N) is 2. The summed E-state index contributed by atoms with van der Waals surface area (Å²) < 4.78 is 9.63. The van der Waals surface area contributed by atoms with Crippen molar-refractivity contribution in [1.82, 2.24) is 15.6 Å². The third-order valence-electron chi connectivity index (χ3n) is 5.80. The molecule has 19 heteroatoms. The number of thiol groups is 2. The van der Waals surface area contributed by atoms with Gasteiger partial charge in [-0.25, -0.2) is 9.59 Å². The number of hydrogen-bond acceptors (Lipinski definition) is 17. The van der Waals surface area contributed by atoms with Gasteiger partial charge in [-0.15, -0.1) is 0 Å². The molecule has 0 bridgehead atoms. The monoisotopic (exact) mass is 747 g/mol. The first kappa shape index (κ1) is 39.8. The second kappa shape index (κ2) is 20.8. The molecule has 1 aromatic heterocycles. The summed E-state index contributed by atoms with van der Waals surface area (Å²) in [4.78, 5) is 79.8. The molecule has 2 rings (SSSR count). The van der Waals surface area contributed by atoms with E-state index in [0.29, 0.717) is 11.1 Å². The van der Waals surface area contributed by atoms with Crippen molar-refractivity contribution in [1.29, 1.82) is 0 Å². The van der Waals surface area contributed by atoms with Gasteiger partial charge in [-0.3, -0.25) is 24.2 Å². The van der Waals surface area contributed by atoms with Gasteiger partial charge in [-0.1, -0.05) is 51.9 Å². The Kier molecular flexibility index (Phi) is 18.0. The van der Waals surface area contributed by atoms with Crippen molar-refractivity contribution in [2.75, 3.05) is 37.2 Å². The number of nitrogens with zero attached hydrogens (tertiary/aromatic N) is 1.